The van der Waals surface area contributed by atoms with E-state index in [4.69, 9.17) is 0 Å². The van der Waals surface area contributed by atoms with Gasteiger partial charge < -0.3 is 5.32 Å². The molecule has 1 heterocycles. The second kappa shape index (κ2) is 4.88. The monoisotopic (exact) mass is 164 g/mol. The highest BCUT2D eigenvalue weighted by Gasteiger charge is 1.92. The maximum atomic E-state index is 4.14. The van der Waals surface area contributed by atoms with Gasteiger partial charge in [-0.05, 0) is 44.5 Å². The van der Waals surface area contributed by atoms with Crippen LogP contribution in [-0.2, 0) is 6.42 Å². The first-order valence-corrected chi connectivity index (χ1v) is 4.38. The second-order valence-electron chi connectivity index (χ2n) is 3.08. The summed E-state index contributed by atoms with van der Waals surface area (Å²) in [5.41, 5.74) is 2.59. The molecule has 0 bridgehead atoms. The molecule has 0 aliphatic carbocycles. The van der Waals surface area contributed by atoms with Gasteiger partial charge in [0.15, 0.2) is 0 Å². The van der Waals surface area contributed by atoms with Crippen LogP contribution in [0, 0.1) is 6.92 Å². The quantitative estimate of drug-likeness (QED) is 0.683. The van der Waals surface area contributed by atoms with Crippen LogP contribution in [0.5, 0.6) is 0 Å². The zero-order valence-corrected chi connectivity index (χ0v) is 7.80. The van der Waals surface area contributed by atoms with Crippen LogP contribution < -0.4 is 5.32 Å². The summed E-state index contributed by atoms with van der Waals surface area (Å²) in [4.78, 5) is 4.14. The normalized spacial score (nSPS) is 10.2. The van der Waals surface area contributed by atoms with Crippen LogP contribution in [0.15, 0.2) is 18.5 Å². The van der Waals surface area contributed by atoms with Crippen molar-refractivity contribution in [2.24, 2.45) is 0 Å². The number of aromatic nitrogens is 1. The van der Waals surface area contributed by atoms with Gasteiger partial charge in [-0.25, -0.2) is 0 Å². The Kier molecular flexibility index (Phi) is 3.74. The molecule has 0 saturated heterocycles. The van der Waals surface area contributed by atoms with Crippen LogP contribution in [0.3, 0.4) is 0 Å². The highest BCUT2D eigenvalue weighted by Crippen LogP contribution is 2.03. The highest BCUT2D eigenvalue weighted by molar-refractivity contribution is 5.16. The lowest BCUT2D eigenvalue weighted by atomic mass is 10.1. The van der Waals surface area contributed by atoms with Crippen molar-refractivity contribution >= 4 is 0 Å². The van der Waals surface area contributed by atoms with Crippen LogP contribution >= 0.6 is 0 Å². The Morgan fingerprint density at radius 1 is 1.42 bits per heavy atom. The van der Waals surface area contributed by atoms with E-state index in [1.165, 1.54) is 17.5 Å². The van der Waals surface area contributed by atoms with E-state index < -0.39 is 0 Å². The van der Waals surface area contributed by atoms with E-state index >= 15 is 0 Å². The van der Waals surface area contributed by atoms with Gasteiger partial charge >= 0.3 is 0 Å². The van der Waals surface area contributed by atoms with Gasteiger partial charge in [0.25, 0.3) is 0 Å². The van der Waals surface area contributed by atoms with Gasteiger partial charge in [0.2, 0.25) is 0 Å². The summed E-state index contributed by atoms with van der Waals surface area (Å²) >= 11 is 0. The molecule has 12 heavy (non-hydrogen) atoms. The first-order valence-electron chi connectivity index (χ1n) is 4.38. The van der Waals surface area contributed by atoms with Gasteiger partial charge in [0.1, 0.15) is 0 Å². The van der Waals surface area contributed by atoms with Crippen LogP contribution in [0.2, 0.25) is 0 Å². The summed E-state index contributed by atoms with van der Waals surface area (Å²) in [6.07, 6.45) is 6.14. The molecule has 1 aromatic rings. The molecule has 0 amide bonds. The summed E-state index contributed by atoms with van der Waals surface area (Å²) < 4.78 is 0. The van der Waals surface area contributed by atoms with Crippen molar-refractivity contribution in [2.45, 2.75) is 19.8 Å². The van der Waals surface area contributed by atoms with Crippen molar-refractivity contribution in [3.05, 3.63) is 29.6 Å². The molecule has 0 aliphatic rings. The third-order valence-corrected chi connectivity index (χ3v) is 1.82. The molecule has 0 unspecified atom stereocenters. The largest absolute Gasteiger partial charge is 0.320 e. The lowest BCUT2D eigenvalue weighted by Crippen LogP contribution is -2.08. The molecule has 0 aliphatic heterocycles. The minimum Gasteiger partial charge on any atom is -0.320 e. The molecule has 2 heteroatoms. The molecular formula is C10H16N2. The Hall–Kier alpha value is -0.890. The number of nitrogens with zero attached hydrogens (tertiary/aromatic N) is 1. The summed E-state index contributed by atoms with van der Waals surface area (Å²) in [6, 6.07) is 2.20. The zero-order chi connectivity index (χ0) is 8.81. The molecule has 0 spiro atoms. The molecule has 0 saturated carbocycles. The fourth-order valence-corrected chi connectivity index (χ4v) is 1.22. The van der Waals surface area contributed by atoms with E-state index in [9.17, 15) is 0 Å². The number of aryl methyl sites for hydroxylation is 2. The van der Waals surface area contributed by atoms with Gasteiger partial charge in [0, 0.05) is 12.4 Å². The lowest BCUT2D eigenvalue weighted by Gasteiger charge is -2.00. The third-order valence-electron chi connectivity index (χ3n) is 1.82. The summed E-state index contributed by atoms with van der Waals surface area (Å²) in [5, 5.41) is 3.13. The number of hydrogen-bond donors (Lipinski definition) is 1. The summed E-state index contributed by atoms with van der Waals surface area (Å²) in [5.74, 6) is 0. The van der Waals surface area contributed by atoms with Crippen molar-refractivity contribution in [1.29, 1.82) is 0 Å². The summed E-state index contributed by atoms with van der Waals surface area (Å²) in [7, 11) is 1.98. The molecule has 1 rings (SSSR count). The molecular weight excluding hydrogens is 148 g/mol. The van der Waals surface area contributed by atoms with E-state index in [0.717, 1.165) is 13.0 Å². The van der Waals surface area contributed by atoms with Crippen LogP contribution in [-0.4, -0.2) is 18.6 Å². The minimum absolute atomic E-state index is 1.08. The molecule has 0 radical (unpaired) electrons. The van der Waals surface area contributed by atoms with Crippen LogP contribution in [0.1, 0.15) is 17.5 Å². The van der Waals surface area contributed by atoms with Crippen molar-refractivity contribution in [3.8, 4) is 0 Å². The minimum atomic E-state index is 1.08. The molecule has 0 fully saturated rings. The van der Waals surface area contributed by atoms with Gasteiger partial charge in [-0.2, -0.15) is 0 Å². The standard InChI is InChI=1S/C10H16N2/c1-9-6-10(8-12-7-9)4-3-5-11-2/h6-8,11H,3-5H2,1-2H3. The Morgan fingerprint density at radius 3 is 2.92 bits per heavy atom. The first-order chi connectivity index (χ1) is 5.83. The number of nitrogens with one attached hydrogen (secondary N) is 1. The molecule has 0 atom stereocenters. The van der Waals surface area contributed by atoms with E-state index in [1.54, 1.807) is 0 Å². The van der Waals surface area contributed by atoms with Gasteiger partial charge in [0.05, 0.1) is 0 Å². The van der Waals surface area contributed by atoms with Crippen molar-refractivity contribution < 1.29 is 0 Å². The fraction of sp³-hybridized carbons (Fsp3) is 0.500. The van der Waals surface area contributed by atoms with Crippen LogP contribution in [0.4, 0.5) is 0 Å². The van der Waals surface area contributed by atoms with E-state index in [1.807, 2.05) is 19.4 Å². The van der Waals surface area contributed by atoms with Crippen molar-refractivity contribution in [3.63, 3.8) is 0 Å². The Labute approximate surface area is 74.0 Å². The molecule has 2 nitrogen and oxygen atoms in total. The average molecular weight is 164 g/mol. The first kappa shape index (κ1) is 9.20. The van der Waals surface area contributed by atoms with E-state index in [0.29, 0.717) is 0 Å². The third kappa shape index (κ3) is 3.01. The Balaban J connectivity index is 2.41. The topological polar surface area (TPSA) is 24.9 Å². The average Bonchev–Trinajstić information content (AvgIpc) is 2.05. The maximum absolute atomic E-state index is 4.14. The predicted molar refractivity (Wildman–Crippen MR) is 51.2 cm³/mol. The fourth-order valence-electron chi connectivity index (χ4n) is 1.22. The van der Waals surface area contributed by atoms with Gasteiger partial charge in [-0.3, -0.25) is 4.98 Å². The van der Waals surface area contributed by atoms with Gasteiger partial charge in [-0.15, -0.1) is 0 Å². The smallest absolute Gasteiger partial charge is 0.0300 e. The van der Waals surface area contributed by atoms with Crippen molar-refractivity contribution in [2.75, 3.05) is 13.6 Å². The Morgan fingerprint density at radius 2 is 2.25 bits per heavy atom. The molecule has 1 aromatic heterocycles. The maximum Gasteiger partial charge on any atom is 0.0300 e. The lowest BCUT2D eigenvalue weighted by molar-refractivity contribution is 0.723. The zero-order valence-electron chi connectivity index (χ0n) is 7.80. The highest BCUT2D eigenvalue weighted by atomic mass is 14.8. The molecule has 1 N–H and O–H groups in total. The van der Waals surface area contributed by atoms with E-state index in [2.05, 4.69) is 23.3 Å². The number of hydrogen-bond acceptors (Lipinski definition) is 2. The predicted octanol–water partition coefficient (Wildman–Crippen LogP) is 1.54. The Bertz CT molecular complexity index is 233. The number of pyridine rings is 1. The van der Waals surface area contributed by atoms with E-state index in [-0.39, 0.29) is 0 Å². The molecule has 66 valence electrons. The SMILES string of the molecule is CNCCCc1cncc(C)c1. The summed E-state index contributed by atoms with van der Waals surface area (Å²) in [6.45, 7) is 3.16. The second-order valence-corrected chi connectivity index (χ2v) is 3.08. The van der Waals surface area contributed by atoms with Crippen molar-refractivity contribution in [1.82, 2.24) is 10.3 Å². The molecule has 0 aromatic carbocycles. The van der Waals surface area contributed by atoms with Crippen LogP contribution in [0.25, 0.3) is 0 Å². The van der Waals surface area contributed by atoms with Gasteiger partial charge in [-0.1, -0.05) is 6.07 Å². The number of rotatable bonds is 4.